The van der Waals surface area contributed by atoms with Gasteiger partial charge >= 0.3 is 11.9 Å². The standard InChI is InChI=1S/C77H91N15O16/c1-42(2)32-58(69(100)89-63(38-49-41-83-56-17-10-8-15-54(49)56)74(105)88-61(35-46-21-27-51(94)28-22-46)72(103)92-65(76(107)108)36-47-23-29-52(95)30-24-47)85-73(104)62(37-48-40-82-55-16-9-7-14-53(48)55)90-75(106)64(39-66(96)97)91-71(102)59(33-44-12-5-4-6-13-44)87-70(101)60(34-45-19-25-50(93)26-20-45)86-68(99)57(84-67(98)43(3)78)18-11-31-81-77(79)80/h4-10,12-17,19-30,40-43,57-65,82-83,93-95H,11,18,31-39,78H2,1-3H3,(H,84,98)(H,85,104)(H,86,99)(H,87,101)(H,88,105)(H,89,100)(H,90,106)(H,91,102)(H,92,103)(H,96,97)(H,107,108)(H4,79,80,81)/t43-,57-,58-,59-,60-,61-,62-,63-,64-,65-/m0/s1. The van der Waals surface area contributed by atoms with Crippen LogP contribution in [0, 0.1) is 11.3 Å². The van der Waals surface area contributed by atoms with Crippen molar-refractivity contribution in [1.29, 1.82) is 5.41 Å². The minimum atomic E-state index is -1.99. The number of phenols is 3. The third kappa shape index (κ3) is 24.4. The van der Waals surface area contributed by atoms with Crippen LogP contribution in [0.15, 0.2) is 164 Å². The van der Waals surface area contributed by atoms with Crippen molar-refractivity contribution in [1.82, 2.24) is 63.1 Å². The molecule has 570 valence electrons. The molecule has 0 unspecified atom stereocenters. The maximum Gasteiger partial charge on any atom is 0.326 e. The van der Waals surface area contributed by atoms with Crippen molar-refractivity contribution in [3.63, 3.8) is 0 Å². The van der Waals surface area contributed by atoms with Gasteiger partial charge in [0.15, 0.2) is 5.96 Å². The first-order valence-electron chi connectivity index (χ1n) is 35.0. The first kappa shape index (κ1) is 80.9. The monoisotopic (exact) mass is 1480 g/mol. The summed E-state index contributed by atoms with van der Waals surface area (Å²) < 4.78 is 0. The number of carboxylic acid groups (broad SMARTS) is 2. The van der Waals surface area contributed by atoms with Gasteiger partial charge in [-0.25, -0.2) is 4.79 Å². The van der Waals surface area contributed by atoms with Gasteiger partial charge in [-0.3, -0.25) is 53.4 Å². The smallest absolute Gasteiger partial charge is 0.326 e. The van der Waals surface area contributed by atoms with Crippen molar-refractivity contribution < 1.29 is 78.3 Å². The zero-order valence-electron chi connectivity index (χ0n) is 59.6. The second kappa shape index (κ2) is 38.8. The molecular formula is C77H91N15O16. The van der Waals surface area contributed by atoms with Crippen LogP contribution >= 0.6 is 0 Å². The minimum Gasteiger partial charge on any atom is -0.508 e. The molecule has 0 saturated carbocycles. The van der Waals surface area contributed by atoms with Gasteiger partial charge in [0, 0.05) is 79.3 Å². The van der Waals surface area contributed by atoms with Gasteiger partial charge in [-0.15, -0.1) is 0 Å². The number of aliphatic carboxylic acids is 2. The molecule has 31 nitrogen and oxygen atoms in total. The minimum absolute atomic E-state index is 0.0290. The van der Waals surface area contributed by atoms with Crippen molar-refractivity contribution in [3.8, 4) is 17.2 Å². The number of aromatic hydroxyl groups is 3. The summed E-state index contributed by atoms with van der Waals surface area (Å²) in [6.45, 7) is 5.04. The maximum absolute atomic E-state index is 15.3. The van der Waals surface area contributed by atoms with E-state index in [4.69, 9.17) is 16.9 Å². The molecule has 0 fully saturated rings. The number of nitrogens with one attached hydrogen (secondary N) is 13. The number of guanidine groups is 1. The van der Waals surface area contributed by atoms with Crippen LogP contribution in [-0.2, 0) is 91.3 Å². The molecule has 10 atom stereocenters. The Morgan fingerprint density at radius 3 is 1.11 bits per heavy atom. The average Bonchev–Trinajstić information content (AvgIpc) is 1.68. The molecule has 0 saturated heterocycles. The number of benzene rings is 6. The number of nitrogens with two attached hydrogens (primary N) is 2. The summed E-state index contributed by atoms with van der Waals surface area (Å²) in [6.07, 6.45) is 0.667. The summed E-state index contributed by atoms with van der Waals surface area (Å²) in [5.41, 5.74) is 15.4. The molecule has 108 heavy (non-hydrogen) atoms. The summed E-state index contributed by atoms with van der Waals surface area (Å²) in [4.78, 5) is 164. The normalized spacial score (nSPS) is 14.0. The van der Waals surface area contributed by atoms with Crippen LogP contribution in [0.1, 0.15) is 79.8 Å². The second-order valence-corrected chi connectivity index (χ2v) is 26.8. The van der Waals surface area contributed by atoms with E-state index in [1.165, 1.54) is 79.7 Å². The van der Waals surface area contributed by atoms with Crippen molar-refractivity contribution in [2.45, 2.75) is 145 Å². The molecule has 8 rings (SSSR count). The molecule has 0 aliphatic heterocycles. The van der Waals surface area contributed by atoms with E-state index in [1.54, 1.807) is 105 Å². The zero-order valence-corrected chi connectivity index (χ0v) is 59.6. The first-order chi connectivity index (χ1) is 51.5. The average molecular weight is 1480 g/mol. The molecule has 2 aromatic heterocycles. The van der Waals surface area contributed by atoms with Gasteiger partial charge in [0.1, 0.15) is 71.6 Å². The third-order valence-electron chi connectivity index (χ3n) is 17.8. The van der Waals surface area contributed by atoms with Crippen LogP contribution in [0.25, 0.3) is 21.8 Å². The Bertz CT molecular complexity index is 4470. The molecule has 0 radical (unpaired) electrons. The van der Waals surface area contributed by atoms with Crippen LogP contribution < -0.4 is 64.6 Å². The molecular weight excluding hydrogens is 1390 g/mol. The highest BCUT2D eigenvalue weighted by molar-refractivity contribution is 6.00. The first-order valence-corrected chi connectivity index (χ1v) is 35.0. The van der Waals surface area contributed by atoms with E-state index in [9.17, 15) is 59.1 Å². The van der Waals surface area contributed by atoms with Crippen LogP contribution in [0.5, 0.6) is 17.2 Å². The molecule has 8 aromatic rings. The predicted octanol–water partition coefficient (Wildman–Crippen LogP) is 2.10. The van der Waals surface area contributed by atoms with Crippen LogP contribution in [-0.4, -0.2) is 174 Å². The highest BCUT2D eigenvalue weighted by atomic mass is 16.4. The van der Waals surface area contributed by atoms with Gasteiger partial charge in [0.2, 0.25) is 53.2 Å². The number of phenolic OH excluding ortho intramolecular Hbond substituents is 3. The fourth-order valence-electron chi connectivity index (χ4n) is 12.1. The molecule has 9 amide bonds. The number of H-pyrrole nitrogens is 2. The zero-order chi connectivity index (χ0) is 78.1. The van der Waals surface area contributed by atoms with Crippen LogP contribution in [0.2, 0.25) is 0 Å². The number of hydrogen-bond acceptors (Lipinski definition) is 16. The van der Waals surface area contributed by atoms with Crippen molar-refractivity contribution >= 4 is 92.9 Å². The highest BCUT2D eigenvalue weighted by Crippen LogP contribution is 2.23. The van der Waals surface area contributed by atoms with E-state index >= 15 is 19.2 Å². The predicted molar refractivity (Wildman–Crippen MR) is 399 cm³/mol. The number of para-hydroxylation sites is 2. The number of amides is 9. The van der Waals surface area contributed by atoms with E-state index in [1.807, 2.05) is 0 Å². The third-order valence-corrected chi connectivity index (χ3v) is 17.8. The van der Waals surface area contributed by atoms with E-state index in [-0.39, 0.29) is 93.5 Å². The largest absolute Gasteiger partial charge is 0.508 e. The van der Waals surface area contributed by atoms with E-state index < -0.39 is 132 Å². The van der Waals surface area contributed by atoms with E-state index in [0.717, 1.165) is 0 Å². The van der Waals surface area contributed by atoms with Crippen molar-refractivity contribution in [2.24, 2.45) is 17.4 Å². The molecule has 22 N–H and O–H groups in total. The van der Waals surface area contributed by atoms with Gasteiger partial charge in [-0.1, -0.05) is 117 Å². The summed E-state index contributed by atoms with van der Waals surface area (Å²) in [7, 11) is 0. The van der Waals surface area contributed by atoms with Gasteiger partial charge in [0.05, 0.1) is 12.5 Å². The molecule has 0 bridgehead atoms. The molecule has 0 aliphatic carbocycles. The lowest BCUT2D eigenvalue weighted by atomic mass is 9.98. The molecule has 2 heterocycles. The number of carbonyl (C=O) groups excluding carboxylic acids is 9. The number of fused-ring (bicyclic) bond motifs is 2. The number of carbonyl (C=O) groups is 11. The number of rotatable bonds is 39. The van der Waals surface area contributed by atoms with Gasteiger partial charge in [0.25, 0.3) is 0 Å². The topological polar surface area (TPSA) is 517 Å². The van der Waals surface area contributed by atoms with Gasteiger partial charge in [-0.05, 0) is 114 Å². The SMILES string of the molecule is CC(C)C[C@H](NC(=O)[C@H](Cc1c[nH]c2ccccc12)NC(=O)[C@H](CC(=O)O)NC(=O)[C@H](Cc1ccccc1)NC(=O)[C@H](Cc1ccc(O)cc1)NC(=O)[C@H](CCCNC(=N)N)NC(=O)[C@H](C)N)C(=O)N[C@@H](Cc1c[nH]c2ccccc12)C(=O)N[C@@H](Cc1ccc(O)cc1)C(=O)N[C@@H](Cc1ccc(O)cc1)C(=O)O. The van der Waals surface area contributed by atoms with Crippen molar-refractivity contribution in [3.05, 3.63) is 197 Å². The maximum atomic E-state index is 15.3. The summed E-state index contributed by atoms with van der Waals surface area (Å²) in [5, 5.41) is 86.2. The molecule has 0 aliphatic rings. The Labute approximate surface area is 621 Å². The summed E-state index contributed by atoms with van der Waals surface area (Å²) >= 11 is 0. The lowest BCUT2D eigenvalue weighted by molar-refractivity contribution is -0.142. The fourth-order valence-corrected chi connectivity index (χ4v) is 12.1. The van der Waals surface area contributed by atoms with Gasteiger partial charge < -0.3 is 100 Å². The number of carboxylic acids is 2. The van der Waals surface area contributed by atoms with Gasteiger partial charge in [-0.2, -0.15) is 0 Å². The Balaban J connectivity index is 1.08. The number of hydrogen-bond donors (Lipinski definition) is 20. The lowest BCUT2D eigenvalue weighted by Gasteiger charge is -2.29. The second-order valence-electron chi connectivity index (χ2n) is 26.8. The lowest BCUT2D eigenvalue weighted by Crippen LogP contribution is -2.61. The fraction of sp³-hybridized carbons (Fsp3) is 0.325. The quantitative estimate of drug-likeness (QED) is 0.0149. The Morgan fingerprint density at radius 1 is 0.398 bits per heavy atom. The summed E-state index contributed by atoms with van der Waals surface area (Å²) in [6, 6.07) is 24.2. The van der Waals surface area contributed by atoms with Crippen LogP contribution in [0.4, 0.5) is 0 Å². The molecule has 31 heteroatoms. The molecule has 0 spiro atoms. The number of aromatic amines is 2. The summed E-state index contributed by atoms with van der Waals surface area (Å²) in [5.74, 6) is -12.5. The van der Waals surface area contributed by atoms with Crippen LogP contribution in [0.3, 0.4) is 0 Å². The van der Waals surface area contributed by atoms with E-state index in [2.05, 4.69) is 63.1 Å². The Hall–Kier alpha value is -12.8. The Morgan fingerprint density at radius 2 is 0.722 bits per heavy atom. The van der Waals surface area contributed by atoms with Crippen molar-refractivity contribution in [2.75, 3.05) is 6.54 Å². The van der Waals surface area contributed by atoms with E-state index in [0.29, 0.717) is 55.2 Å². The number of aromatic nitrogens is 2. The molecule has 6 aromatic carbocycles. The highest BCUT2D eigenvalue weighted by Gasteiger charge is 2.38. The Kier molecular flexibility index (Phi) is 29.1.